The van der Waals surface area contributed by atoms with Gasteiger partial charge in [-0.3, -0.25) is 4.99 Å². The van der Waals surface area contributed by atoms with Gasteiger partial charge < -0.3 is 5.32 Å². The molecule has 0 bridgehead atoms. The Kier molecular flexibility index (Phi) is 3.91. The van der Waals surface area contributed by atoms with E-state index >= 15 is 0 Å². The number of allylic oxidation sites excluding steroid dienone is 2. The van der Waals surface area contributed by atoms with Gasteiger partial charge in [-0.1, -0.05) is 32.9 Å². The van der Waals surface area contributed by atoms with Crippen LogP contribution in [0.15, 0.2) is 35.0 Å². The first-order valence-corrected chi connectivity index (χ1v) is 7.09. The van der Waals surface area contributed by atoms with Gasteiger partial charge in [-0.2, -0.15) is 0 Å². The minimum atomic E-state index is -2.88. The van der Waals surface area contributed by atoms with E-state index in [1.165, 1.54) is 11.6 Å². The van der Waals surface area contributed by atoms with Gasteiger partial charge in [0, 0.05) is 12.5 Å². The molecular weight excluding hydrogens is 270 g/mol. The zero-order chi connectivity index (χ0) is 15.8. The van der Waals surface area contributed by atoms with Crippen LogP contribution in [-0.4, -0.2) is 18.3 Å². The van der Waals surface area contributed by atoms with Gasteiger partial charge in [0.1, 0.15) is 6.67 Å². The number of aryl methyl sites for hydroxylation is 1. The van der Waals surface area contributed by atoms with Crippen molar-refractivity contribution in [2.45, 2.75) is 46.0 Å². The van der Waals surface area contributed by atoms with Crippen LogP contribution in [0.1, 0.15) is 44.4 Å². The fourth-order valence-corrected chi connectivity index (χ4v) is 2.25. The summed E-state index contributed by atoms with van der Waals surface area (Å²) in [5.41, 5.74) is 3.69. The Bertz CT molecular complexity index is 602. The van der Waals surface area contributed by atoms with Crippen LogP contribution in [0.5, 0.6) is 0 Å². The van der Waals surface area contributed by atoms with E-state index in [1.54, 1.807) is 0 Å². The highest BCUT2D eigenvalue weighted by atomic mass is 19.3. The largest absolute Gasteiger partial charge is 0.365 e. The second kappa shape index (κ2) is 5.24. The molecule has 0 radical (unpaired) electrons. The van der Waals surface area contributed by atoms with Crippen LogP contribution in [0.4, 0.5) is 8.78 Å². The molecule has 1 aromatic carbocycles. The summed E-state index contributed by atoms with van der Waals surface area (Å²) in [5.74, 6) is -2.88. The third kappa shape index (κ3) is 3.49. The number of benzene rings is 1. The van der Waals surface area contributed by atoms with Gasteiger partial charge in [-0.15, -0.1) is 0 Å². The highest BCUT2D eigenvalue weighted by Crippen LogP contribution is 2.27. The molecule has 1 aromatic rings. The lowest BCUT2D eigenvalue weighted by molar-refractivity contribution is 0.0557. The van der Waals surface area contributed by atoms with E-state index in [0.29, 0.717) is 5.71 Å². The number of rotatable bonds is 2. The summed E-state index contributed by atoms with van der Waals surface area (Å²) < 4.78 is 27.0. The minimum Gasteiger partial charge on any atom is -0.365 e. The predicted molar refractivity (Wildman–Crippen MR) is 83.1 cm³/mol. The summed E-state index contributed by atoms with van der Waals surface area (Å²) in [6, 6.07) is 6.17. The summed E-state index contributed by atoms with van der Waals surface area (Å²) in [5, 5.41) is 2.65. The number of aliphatic imine (C=N–C) groups is 1. The van der Waals surface area contributed by atoms with Crippen molar-refractivity contribution in [3.05, 3.63) is 46.7 Å². The first-order chi connectivity index (χ1) is 9.59. The fourth-order valence-electron chi connectivity index (χ4n) is 2.25. The second-order valence-electron chi connectivity index (χ2n) is 6.60. The van der Waals surface area contributed by atoms with Gasteiger partial charge in [0.2, 0.25) is 0 Å². The molecule has 0 aliphatic carbocycles. The molecule has 1 aliphatic heterocycles. The number of nitrogens with one attached hydrogen (secondary N) is 1. The molecule has 114 valence electrons. The number of nitrogens with zero attached hydrogens (tertiary/aromatic N) is 1. The highest BCUT2D eigenvalue weighted by molar-refractivity contribution is 6.10. The van der Waals surface area contributed by atoms with Crippen molar-refractivity contribution in [2.75, 3.05) is 6.67 Å². The average Bonchev–Trinajstić information content (AvgIpc) is 2.37. The maximum Gasteiger partial charge on any atom is 0.284 e. The van der Waals surface area contributed by atoms with E-state index in [4.69, 9.17) is 0 Å². The average molecular weight is 292 g/mol. The van der Waals surface area contributed by atoms with E-state index in [-0.39, 0.29) is 17.8 Å². The Hall–Kier alpha value is -1.71. The zero-order valence-corrected chi connectivity index (χ0v) is 13.2. The number of alkyl halides is 2. The molecule has 2 nitrogen and oxygen atoms in total. The van der Waals surface area contributed by atoms with E-state index in [2.05, 4.69) is 43.2 Å². The Balaban J connectivity index is 2.47. The van der Waals surface area contributed by atoms with Crippen molar-refractivity contribution in [1.82, 2.24) is 5.32 Å². The number of hydrogen-bond donors (Lipinski definition) is 1. The van der Waals surface area contributed by atoms with Crippen molar-refractivity contribution in [2.24, 2.45) is 4.99 Å². The fraction of sp³-hybridized carbons (Fsp3) is 0.471. The molecule has 0 spiro atoms. The summed E-state index contributed by atoms with van der Waals surface area (Å²) in [7, 11) is 0. The highest BCUT2D eigenvalue weighted by Gasteiger charge is 2.29. The Labute approximate surface area is 125 Å². The summed E-state index contributed by atoms with van der Waals surface area (Å²) in [6.07, 6.45) is 1.46. The maximum atomic E-state index is 13.5. The molecule has 0 saturated carbocycles. The van der Waals surface area contributed by atoms with Crippen LogP contribution < -0.4 is 5.32 Å². The number of halogens is 2. The van der Waals surface area contributed by atoms with Gasteiger partial charge in [-0.05, 0) is 35.6 Å². The normalized spacial score (nSPS) is 16.1. The Morgan fingerprint density at radius 1 is 1.14 bits per heavy atom. The summed E-state index contributed by atoms with van der Waals surface area (Å²) in [6.45, 7) is 9.45. The van der Waals surface area contributed by atoms with E-state index < -0.39 is 5.92 Å². The Morgan fingerprint density at radius 2 is 1.81 bits per heavy atom. The topological polar surface area (TPSA) is 24.4 Å². The maximum absolute atomic E-state index is 13.5. The molecule has 0 aromatic heterocycles. The molecule has 2 rings (SSSR count). The molecule has 0 fully saturated rings. The SMILES string of the molecule is Cc1ccc(C(C)(C)C)cc1C1=NCNC(C(C)(F)F)=C1. The number of hydrogen-bond acceptors (Lipinski definition) is 2. The second-order valence-corrected chi connectivity index (χ2v) is 6.60. The smallest absolute Gasteiger partial charge is 0.284 e. The molecule has 0 unspecified atom stereocenters. The molecule has 4 heteroatoms. The van der Waals surface area contributed by atoms with Crippen LogP contribution in [0.25, 0.3) is 0 Å². The minimum absolute atomic E-state index is 0.0111. The lowest BCUT2D eigenvalue weighted by Crippen LogP contribution is -2.31. The molecular formula is C17H22F2N2. The summed E-state index contributed by atoms with van der Waals surface area (Å²) in [4.78, 5) is 4.34. The molecule has 1 aliphatic rings. The van der Waals surface area contributed by atoms with Crippen molar-refractivity contribution < 1.29 is 8.78 Å². The van der Waals surface area contributed by atoms with Crippen molar-refractivity contribution in [3.8, 4) is 0 Å². The van der Waals surface area contributed by atoms with E-state index in [9.17, 15) is 8.78 Å². The van der Waals surface area contributed by atoms with Crippen LogP contribution in [0.2, 0.25) is 0 Å². The van der Waals surface area contributed by atoms with Gasteiger partial charge in [0.25, 0.3) is 5.92 Å². The predicted octanol–water partition coefficient (Wildman–Crippen LogP) is 4.18. The summed E-state index contributed by atoms with van der Waals surface area (Å²) >= 11 is 0. The molecule has 21 heavy (non-hydrogen) atoms. The monoisotopic (exact) mass is 292 g/mol. The lowest BCUT2D eigenvalue weighted by Gasteiger charge is -2.23. The van der Waals surface area contributed by atoms with Gasteiger partial charge in [0.15, 0.2) is 0 Å². The Morgan fingerprint density at radius 3 is 2.38 bits per heavy atom. The molecule has 0 saturated heterocycles. The first-order valence-electron chi connectivity index (χ1n) is 7.09. The van der Waals surface area contributed by atoms with Crippen LogP contribution in [-0.2, 0) is 5.41 Å². The first kappa shape index (κ1) is 15.7. The lowest BCUT2D eigenvalue weighted by atomic mass is 9.84. The van der Waals surface area contributed by atoms with Crippen LogP contribution >= 0.6 is 0 Å². The van der Waals surface area contributed by atoms with Gasteiger partial charge >= 0.3 is 0 Å². The van der Waals surface area contributed by atoms with Crippen molar-refractivity contribution in [1.29, 1.82) is 0 Å². The van der Waals surface area contributed by atoms with Gasteiger partial charge in [0.05, 0.1) is 11.4 Å². The molecule has 0 atom stereocenters. The molecule has 0 amide bonds. The van der Waals surface area contributed by atoms with Crippen LogP contribution in [0.3, 0.4) is 0 Å². The van der Waals surface area contributed by atoms with Crippen molar-refractivity contribution >= 4 is 5.71 Å². The standard InChI is InChI=1S/C17H22F2N2/c1-11-6-7-12(16(2,3)4)8-13(11)14-9-15(17(5,18)19)21-10-20-14/h6-9,21H,10H2,1-5H3. The quantitative estimate of drug-likeness (QED) is 0.868. The third-order valence-corrected chi connectivity index (χ3v) is 3.65. The zero-order valence-electron chi connectivity index (χ0n) is 13.2. The molecule has 1 N–H and O–H groups in total. The molecule has 1 heterocycles. The van der Waals surface area contributed by atoms with Gasteiger partial charge in [-0.25, -0.2) is 8.78 Å². The van der Waals surface area contributed by atoms with Crippen molar-refractivity contribution in [3.63, 3.8) is 0 Å². The van der Waals surface area contributed by atoms with E-state index in [1.807, 2.05) is 13.0 Å². The van der Waals surface area contributed by atoms with E-state index in [0.717, 1.165) is 18.1 Å². The third-order valence-electron chi connectivity index (χ3n) is 3.65. The van der Waals surface area contributed by atoms with Crippen LogP contribution in [0, 0.1) is 6.92 Å².